The van der Waals surface area contributed by atoms with E-state index in [9.17, 15) is 19.2 Å². The van der Waals surface area contributed by atoms with E-state index in [-0.39, 0.29) is 24.7 Å². The van der Waals surface area contributed by atoms with Crippen LogP contribution in [0.25, 0.3) is 0 Å². The van der Waals surface area contributed by atoms with Gasteiger partial charge in [-0.05, 0) is 57.7 Å². The summed E-state index contributed by atoms with van der Waals surface area (Å²) in [5.74, 6) is -0.736. The molecule has 1 aromatic rings. The third kappa shape index (κ3) is 6.30. The number of nitrogens with one attached hydrogen (secondary N) is 1. The molecular weight excluding hydrogens is 376 g/mol. The van der Waals surface area contributed by atoms with Crippen molar-refractivity contribution in [2.24, 2.45) is 0 Å². The SMILES string of the molecule is COc1cc(CCC(=O)OC(C)(C)C)ccc1N(C=O)C1CCCC(=O)NC1=O. The van der Waals surface area contributed by atoms with Gasteiger partial charge >= 0.3 is 5.97 Å². The Hall–Kier alpha value is -2.90. The molecule has 1 aliphatic rings. The number of hydrogen-bond donors (Lipinski definition) is 1. The second-order valence-corrected chi connectivity index (χ2v) is 7.93. The molecule has 8 heteroatoms. The van der Waals surface area contributed by atoms with E-state index in [1.807, 2.05) is 20.8 Å². The van der Waals surface area contributed by atoms with Gasteiger partial charge in [-0.1, -0.05) is 6.07 Å². The van der Waals surface area contributed by atoms with Crippen molar-refractivity contribution in [1.82, 2.24) is 5.32 Å². The maximum atomic E-state index is 12.3. The van der Waals surface area contributed by atoms with Gasteiger partial charge < -0.3 is 9.47 Å². The van der Waals surface area contributed by atoms with Gasteiger partial charge in [0.15, 0.2) is 0 Å². The van der Waals surface area contributed by atoms with Crippen LogP contribution >= 0.6 is 0 Å². The van der Waals surface area contributed by atoms with Crippen molar-refractivity contribution in [3.8, 4) is 5.75 Å². The Morgan fingerprint density at radius 1 is 1.31 bits per heavy atom. The molecule has 158 valence electrons. The molecule has 8 nitrogen and oxygen atoms in total. The average Bonchev–Trinajstić information content (AvgIpc) is 2.80. The first-order valence-corrected chi connectivity index (χ1v) is 9.60. The molecule has 1 N–H and O–H groups in total. The highest BCUT2D eigenvalue weighted by Gasteiger charge is 2.31. The van der Waals surface area contributed by atoms with Gasteiger partial charge in [-0.15, -0.1) is 0 Å². The standard InChI is InChI=1S/C21H28N2O6/c1-21(2,3)29-19(26)11-9-14-8-10-15(17(12-14)28-4)23(13-24)16-6-5-7-18(25)22-20(16)27/h8,10,12-13,16H,5-7,9,11H2,1-4H3,(H,22,25,27). The number of ether oxygens (including phenoxy) is 2. The van der Waals surface area contributed by atoms with Crippen LogP contribution in [0.2, 0.25) is 0 Å². The summed E-state index contributed by atoms with van der Waals surface area (Å²) in [4.78, 5) is 48.9. The molecule has 3 amide bonds. The van der Waals surface area contributed by atoms with Crippen LogP contribution in [0.4, 0.5) is 5.69 Å². The predicted molar refractivity (Wildman–Crippen MR) is 106 cm³/mol. The highest BCUT2D eigenvalue weighted by atomic mass is 16.6. The van der Waals surface area contributed by atoms with Crippen LogP contribution < -0.4 is 15.0 Å². The summed E-state index contributed by atoms with van der Waals surface area (Å²) in [6.45, 7) is 5.44. The number of methoxy groups -OCH3 is 1. The summed E-state index contributed by atoms with van der Waals surface area (Å²) in [5.41, 5.74) is 0.727. The number of hydrogen-bond acceptors (Lipinski definition) is 6. The van der Waals surface area contributed by atoms with E-state index in [2.05, 4.69) is 5.32 Å². The number of esters is 1. The molecule has 1 aliphatic heterocycles. The lowest BCUT2D eigenvalue weighted by Crippen LogP contribution is -2.46. The molecule has 0 radical (unpaired) electrons. The number of amides is 3. The molecule has 1 fully saturated rings. The molecule has 0 bridgehead atoms. The monoisotopic (exact) mass is 404 g/mol. The second-order valence-electron chi connectivity index (χ2n) is 7.93. The average molecular weight is 404 g/mol. The minimum absolute atomic E-state index is 0.213. The molecule has 2 rings (SSSR count). The third-order valence-electron chi connectivity index (χ3n) is 4.46. The van der Waals surface area contributed by atoms with Gasteiger partial charge in [0.1, 0.15) is 17.4 Å². The first-order valence-electron chi connectivity index (χ1n) is 9.60. The highest BCUT2D eigenvalue weighted by molar-refractivity contribution is 6.02. The molecule has 0 spiro atoms. The van der Waals surface area contributed by atoms with E-state index in [1.165, 1.54) is 12.0 Å². The number of rotatable bonds is 7. The van der Waals surface area contributed by atoms with Crippen LogP contribution in [0, 0.1) is 0 Å². The van der Waals surface area contributed by atoms with Gasteiger partial charge in [-0.2, -0.15) is 0 Å². The smallest absolute Gasteiger partial charge is 0.306 e. The number of nitrogens with zero attached hydrogens (tertiary/aromatic N) is 1. The fraction of sp³-hybridized carbons (Fsp3) is 0.524. The van der Waals surface area contributed by atoms with E-state index in [4.69, 9.17) is 9.47 Å². The summed E-state index contributed by atoms with van der Waals surface area (Å²) in [6.07, 6.45) is 2.35. The number of imide groups is 1. The van der Waals surface area contributed by atoms with Gasteiger partial charge in [0.2, 0.25) is 18.2 Å². The zero-order chi connectivity index (χ0) is 21.6. The first kappa shape index (κ1) is 22.4. The normalized spacial score (nSPS) is 17.2. The molecule has 0 aliphatic carbocycles. The van der Waals surface area contributed by atoms with E-state index in [1.54, 1.807) is 18.2 Å². The zero-order valence-corrected chi connectivity index (χ0v) is 17.3. The number of anilines is 1. The molecule has 0 saturated carbocycles. The fourth-order valence-corrected chi connectivity index (χ4v) is 3.16. The maximum Gasteiger partial charge on any atom is 0.306 e. The molecule has 1 heterocycles. The van der Waals surface area contributed by atoms with Crippen LogP contribution in [0.3, 0.4) is 0 Å². The Balaban J connectivity index is 2.18. The molecule has 1 atom stereocenters. The summed E-state index contributed by atoms with van der Waals surface area (Å²) in [6, 6.07) is 4.40. The van der Waals surface area contributed by atoms with Gasteiger partial charge in [0.25, 0.3) is 0 Å². The molecule has 1 saturated heterocycles. The van der Waals surface area contributed by atoms with Crippen molar-refractivity contribution in [3.05, 3.63) is 23.8 Å². The number of carbonyl (C=O) groups excluding carboxylic acids is 4. The minimum Gasteiger partial charge on any atom is -0.495 e. The Labute approximate surface area is 170 Å². The lowest BCUT2D eigenvalue weighted by Gasteiger charge is -2.27. The van der Waals surface area contributed by atoms with Crippen LogP contribution in [-0.4, -0.2) is 42.9 Å². The quantitative estimate of drug-likeness (QED) is 0.424. The van der Waals surface area contributed by atoms with Crippen molar-refractivity contribution in [1.29, 1.82) is 0 Å². The molecule has 29 heavy (non-hydrogen) atoms. The van der Waals surface area contributed by atoms with Crippen LogP contribution in [0.1, 0.15) is 52.0 Å². The third-order valence-corrected chi connectivity index (χ3v) is 4.46. The lowest BCUT2D eigenvalue weighted by molar-refractivity contribution is -0.154. The summed E-state index contributed by atoms with van der Waals surface area (Å²) in [7, 11) is 1.47. The number of benzene rings is 1. The fourth-order valence-electron chi connectivity index (χ4n) is 3.16. The topological polar surface area (TPSA) is 102 Å². The predicted octanol–water partition coefficient (Wildman–Crippen LogP) is 2.13. The van der Waals surface area contributed by atoms with Crippen LogP contribution in [-0.2, 0) is 30.3 Å². The Bertz CT molecular complexity index is 784. The summed E-state index contributed by atoms with van der Waals surface area (Å²) in [5, 5.41) is 2.31. The highest BCUT2D eigenvalue weighted by Crippen LogP contribution is 2.32. The van der Waals surface area contributed by atoms with Crippen molar-refractivity contribution in [2.75, 3.05) is 12.0 Å². The van der Waals surface area contributed by atoms with E-state index < -0.39 is 17.6 Å². The summed E-state index contributed by atoms with van der Waals surface area (Å²) < 4.78 is 10.7. The van der Waals surface area contributed by atoms with Crippen LogP contribution in [0.5, 0.6) is 5.75 Å². The molecule has 1 unspecified atom stereocenters. The molecule has 1 aromatic carbocycles. The van der Waals surface area contributed by atoms with Crippen molar-refractivity contribution in [3.63, 3.8) is 0 Å². The first-order chi connectivity index (χ1) is 13.6. The van der Waals surface area contributed by atoms with Crippen molar-refractivity contribution in [2.45, 2.75) is 64.5 Å². The zero-order valence-electron chi connectivity index (χ0n) is 17.3. The van der Waals surface area contributed by atoms with Gasteiger partial charge in [-0.3, -0.25) is 29.4 Å². The second kappa shape index (κ2) is 9.54. The van der Waals surface area contributed by atoms with Gasteiger partial charge in [-0.25, -0.2) is 0 Å². The Morgan fingerprint density at radius 2 is 2.03 bits per heavy atom. The molecule has 0 aromatic heterocycles. The van der Waals surface area contributed by atoms with Crippen molar-refractivity contribution < 1.29 is 28.7 Å². The maximum absolute atomic E-state index is 12.3. The largest absolute Gasteiger partial charge is 0.495 e. The number of carbonyl (C=O) groups is 4. The lowest BCUT2D eigenvalue weighted by atomic mass is 10.1. The number of aryl methyl sites for hydroxylation is 1. The molecular formula is C21H28N2O6. The van der Waals surface area contributed by atoms with E-state index >= 15 is 0 Å². The Kier molecular flexibility index (Phi) is 7.36. The Morgan fingerprint density at radius 3 is 2.66 bits per heavy atom. The van der Waals surface area contributed by atoms with Gasteiger partial charge in [0.05, 0.1) is 12.8 Å². The van der Waals surface area contributed by atoms with E-state index in [0.29, 0.717) is 37.1 Å². The summed E-state index contributed by atoms with van der Waals surface area (Å²) >= 11 is 0. The van der Waals surface area contributed by atoms with E-state index in [0.717, 1.165) is 5.56 Å². The van der Waals surface area contributed by atoms with Crippen molar-refractivity contribution >= 4 is 29.9 Å². The van der Waals surface area contributed by atoms with Gasteiger partial charge in [0, 0.05) is 12.8 Å². The minimum atomic E-state index is -0.791. The van der Waals surface area contributed by atoms with Crippen LogP contribution in [0.15, 0.2) is 18.2 Å².